The van der Waals surface area contributed by atoms with Gasteiger partial charge < -0.3 is 0 Å². The Bertz CT molecular complexity index is 298. The SMILES string of the molecule is Fc1ccc(F)c(CC(CCl)CCl)c1. The Balaban J connectivity index is 2.79. The first kappa shape index (κ1) is 11.7. The van der Waals surface area contributed by atoms with Crippen molar-refractivity contribution in [2.45, 2.75) is 6.42 Å². The van der Waals surface area contributed by atoms with E-state index < -0.39 is 11.6 Å². The van der Waals surface area contributed by atoms with Gasteiger partial charge in [0.1, 0.15) is 11.6 Å². The maximum atomic E-state index is 13.1. The van der Waals surface area contributed by atoms with E-state index in [1.807, 2.05) is 0 Å². The summed E-state index contributed by atoms with van der Waals surface area (Å²) in [5.41, 5.74) is 0.330. The van der Waals surface area contributed by atoms with Crippen molar-refractivity contribution >= 4 is 23.2 Å². The lowest BCUT2D eigenvalue weighted by Crippen LogP contribution is -2.09. The molecular weight excluding hydrogens is 229 g/mol. The monoisotopic (exact) mass is 238 g/mol. The van der Waals surface area contributed by atoms with Crippen molar-refractivity contribution in [3.8, 4) is 0 Å². The molecule has 14 heavy (non-hydrogen) atoms. The number of halogens is 4. The number of alkyl halides is 2. The third-order valence-electron chi connectivity index (χ3n) is 1.95. The van der Waals surface area contributed by atoms with E-state index in [0.717, 1.165) is 12.1 Å². The molecule has 0 bridgehead atoms. The number of benzene rings is 1. The molecule has 0 aromatic heterocycles. The third kappa shape index (κ3) is 3.10. The molecule has 0 spiro atoms. The Morgan fingerprint density at radius 1 is 1.14 bits per heavy atom. The van der Waals surface area contributed by atoms with Crippen LogP contribution in [0.5, 0.6) is 0 Å². The maximum Gasteiger partial charge on any atom is 0.126 e. The number of hydrogen-bond acceptors (Lipinski definition) is 0. The van der Waals surface area contributed by atoms with Crippen LogP contribution in [0.2, 0.25) is 0 Å². The highest BCUT2D eigenvalue weighted by Crippen LogP contribution is 2.16. The minimum atomic E-state index is -0.440. The molecule has 0 nitrogen and oxygen atoms in total. The van der Waals surface area contributed by atoms with Gasteiger partial charge in [0, 0.05) is 11.8 Å². The van der Waals surface area contributed by atoms with Crippen molar-refractivity contribution in [3.63, 3.8) is 0 Å². The Morgan fingerprint density at radius 3 is 2.36 bits per heavy atom. The van der Waals surface area contributed by atoms with Gasteiger partial charge in [-0.15, -0.1) is 23.2 Å². The van der Waals surface area contributed by atoms with Gasteiger partial charge in [0.05, 0.1) is 0 Å². The van der Waals surface area contributed by atoms with Gasteiger partial charge in [-0.05, 0) is 36.1 Å². The second-order valence-electron chi connectivity index (χ2n) is 3.11. The molecule has 1 aromatic rings. The Labute approximate surface area is 91.8 Å². The van der Waals surface area contributed by atoms with Crippen molar-refractivity contribution in [1.29, 1.82) is 0 Å². The topological polar surface area (TPSA) is 0 Å². The van der Waals surface area contributed by atoms with Gasteiger partial charge in [0.25, 0.3) is 0 Å². The van der Waals surface area contributed by atoms with Crippen molar-refractivity contribution in [2.75, 3.05) is 11.8 Å². The van der Waals surface area contributed by atoms with Crippen LogP contribution in [0.1, 0.15) is 5.56 Å². The van der Waals surface area contributed by atoms with E-state index in [1.54, 1.807) is 0 Å². The van der Waals surface area contributed by atoms with Crippen molar-refractivity contribution in [2.24, 2.45) is 5.92 Å². The molecule has 78 valence electrons. The number of rotatable bonds is 4. The molecule has 0 aliphatic heterocycles. The molecule has 0 heterocycles. The lowest BCUT2D eigenvalue weighted by Gasteiger charge is -2.10. The van der Waals surface area contributed by atoms with Gasteiger partial charge in [-0.3, -0.25) is 0 Å². The second-order valence-corrected chi connectivity index (χ2v) is 3.73. The Hall–Kier alpha value is -0.340. The van der Waals surface area contributed by atoms with E-state index in [1.165, 1.54) is 6.07 Å². The number of hydrogen-bond donors (Lipinski definition) is 0. The molecule has 0 N–H and O–H groups in total. The average molecular weight is 239 g/mol. The molecule has 1 rings (SSSR count). The summed E-state index contributed by atoms with van der Waals surface area (Å²) in [6.45, 7) is 0. The van der Waals surface area contributed by atoms with Crippen LogP contribution >= 0.6 is 23.2 Å². The zero-order valence-electron chi connectivity index (χ0n) is 7.44. The van der Waals surface area contributed by atoms with E-state index in [9.17, 15) is 8.78 Å². The van der Waals surface area contributed by atoms with E-state index in [0.29, 0.717) is 23.7 Å². The molecule has 0 aliphatic rings. The molecule has 0 radical (unpaired) electrons. The van der Waals surface area contributed by atoms with Crippen molar-refractivity contribution in [1.82, 2.24) is 0 Å². The summed E-state index contributed by atoms with van der Waals surface area (Å²) in [5.74, 6) is -0.176. The lowest BCUT2D eigenvalue weighted by atomic mass is 10.0. The first-order valence-electron chi connectivity index (χ1n) is 4.23. The quantitative estimate of drug-likeness (QED) is 0.704. The van der Waals surface area contributed by atoms with Crippen LogP contribution in [0.15, 0.2) is 18.2 Å². The molecule has 0 saturated carbocycles. The van der Waals surface area contributed by atoms with Crippen molar-refractivity contribution in [3.05, 3.63) is 35.4 Å². The molecular formula is C10H10Cl2F2. The highest BCUT2D eigenvalue weighted by molar-refractivity contribution is 6.20. The van der Waals surface area contributed by atoms with E-state index in [4.69, 9.17) is 23.2 Å². The van der Waals surface area contributed by atoms with Crippen LogP contribution in [-0.2, 0) is 6.42 Å². The first-order valence-corrected chi connectivity index (χ1v) is 5.30. The van der Waals surface area contributed by atoms with Gasteiger partial charge in [-0.2, -0.15) is 0 Å². The Morgan fingerprint density at radius 2 is 1.79 bits per heavy atom. The summed E-state index contributed by atoms with van der Waals surface area (Å²) in [4.78, 5) is 0. The molecule has 4 heteroatoms. The zero-order valence-corrected chi connectivity index (χ0v) is 8.95. The smallest absolute Gasteiger partial charge is 0.126 e. The Kier molecular flexibility index (Phi) is 4.63. The third-order valence-corrected chi connectivity index (χ3v) is 2.83. The van der Waals surface area contributed by atoms with Gasteiger partial charge in [0.15, 0.2) is 0 Å². The fraction of sp³-hybridized carbons (Fsp3) is 0.400. The van der Waals surface area contributed by atoms with E-state index >= 15 is 0 Å². The van der Waals surface area contributed by atoms with Gasteiger partial charge >= 0.3 is 0 Å². The maximum absolute atomic E-state index is 13.1. The standard InChI is InChI=1S/C10H10Cl2F2/c11-5-7(6-12)3-8-4-9(13)1-2-10(8)14/h1-2,4,7H,3,5-6H2. The summed E-state index contributed by atoms with van der Waals surface area (Å²) >= 11 is 11.2. The summed E-state index contributed by atoms with van der Waals surface area (Å²) in [7, 11) is 0. The van der Waals surface area contributed by atoms with Crippen LogP contribution in [0, 0.1) is 17.6 Å². The molecule has 0 atom stereocenters. The lowest BCUT2D eigenvalue weighted by molar-refractivity contribution is 0.562. The predicted molar refractivity (Wildman–Crippen MR) is 55.0 cm³/mol. The largest absolute Gasteiger partial charge is 0.207 e. The second kappa shape index (κ2) is 5.52. The minimum absolute atomic E-state index is 0.0189. The molecule has 0 amide bonds. The van der Waals surface area contributed by atoms with E-state index in [-0.39, 0.29) is 5.92 Å². The molecule has 0 saturated heterocycles. The van der Waals surface area contributed by atoms with Crippen LogP contribution in [0.4, 0.5) is 8.78 Å². The normalized spacial score (nSPS) is 10.9. The first-order chi connectivity index (χ1) is 6.67. The van der Waals surface area contributed by atoms with Gasteiger partial charge in [-0.1, -0.05) is 0 Å². The average Bonchev–Trinajstić information content (AvgIpc) is 2.19. The molecule has 0 fully saturated rings. The van der Waals surface area contributed by atoms with Crippen LogP contribution in [0.3, 0.4) is 0 Å². The molecule has 0 unspecified atom stereocenters. The minimum Gasteiger partial charge on any atom is -0.207 e. The van der Waals surface area contributed by atoms with Gasteiger partial charge in [-0.25, -0.2) is 8.78 Å². The summed E-state index contributed by atoms with van der Waals surface area (Å²) in [5, 5.41) is 0. The van der Waals surface area contributed by atoms with E-state index in [2.05, 4.69) is 0 Å². The van der Waals surface area contributed by atoms with Crippen molar-refractivity contribution < 1.29 is 8.78 Å². The predicted octanol–water partition coefficient (Wildman–Crippen LogP) is 3.60. The summed E-state index contributed by atoms with van der Waals surface area (Å²) in [6, 6.07) is 3.39. The fourth-order valence-electron chi connectivity index (χ4n) is 1.16. The zero-order chi connectivity index (χ0) is 10.6. The van der Waals surface area contributed by atoms with Gasteiger partial charge in [0.2, 0.25) is 0 Å². The van der Waals surface area contributed by atoms with Crippen LogP contribution < -0.4 is 0 Å². The van der Waals surface area contributed by atoms with Crippen LogP contribution in [0.25, 0.3) is 0 Å². The molecule has 1 aromatic carbocycles. The highest BCUT2D eigenvalue weighted by atomic mass is 35.5. The molecule has 0 aliphatic carbocycles. The fourth-order valence-corrected chi connectivity index (χ4v) is 1.71. The summed E-state index contributed by atoms with van der Waals surface area (Å²) in [6.07, 6.45) is 0.372. The van der Waals surface area contributed by atoms with Crippen LogP contribution in [-0.4, -0.2) is 11.8 Å². The highest BCUT2D eigenvalue weighted by Gasteiger charge is 2.11. The summed E-state index contributed by atoms with van der Waals surface area (Å²) < 4.78 is 25.9.